The Labute approximate surface area is 145 Å². The van der Waals surface area contributed by atoms with Gasteiger partial charge in [0, 0.05) is 5.02 Å². The van der Waals surface area contributed by atoms with Gasteiger partial charge >= 0.3 is 0 Å². The number of phenolic OH excluding ortho intramolecular Hbond substituents is 1. The summed E-state index contributed by atoms with van der Waals surface area (Å²) >= 11 is 11.6. The molecule has 2 aromatic carbocycles. The largest absolute Gasteiger partial charge is 0.505 e. The lowest BCUT2D eigenvalue weighted by Crippen LogP contribution is -2.08. The van der Waals surface area contributed by atoms with Crippen molar-refractivity contribution in [3.8, 4) is 11.5 Å². The molecule has 23 heavy (non-hydrogen) atoms. The number of ether oxygens (including phenoxy) is 1. The highest BCUT2D eigenvalue weighted by atomic mass is 35.5. The van der Waals surface area contributed by atoms with Gasteiger partial charge < -0.3 is 9.84 Å². The number of aromatic hydroxyl groups is 1. The zero-order valence-corrected chi connectivity index (χ0v) is 14.7. The second kappa shape index (κ2) is 7.43. The number of sulfone groups is 1. The van der Waals surface area contributed by atoms with Crippen LogP contribution in [0.25, 0.3) is 0 Å². The number of rotatable bonds is 6. The van der Waals surface area contributed by atoms with E-state index in [4.69, 9.17) is 27.9 Å². The summed E-state index contributed by atoms with van der Waals surface area (Å²) in [5, 5.41) is 9.94. The Bertz CT molecular complexity index is 804. The average molecular weight is 375 g/mol. The minimum atomic E-state index is -3.67. The van der Waals surface area contributed by atoms with Gasteiger partial charge in [-0.15, -0.1) is 0 Å². The lowest BCUT2D eigenvalue weighted by Gasteiger charge is -2.09. The zero-order valence-electron chi connectivity index (χ0n) is 12.4. The summed E-state index contributed by atoms with van der Waals surface area (Å²) in [4.78, 5) is -0.236. The Morgan fingerprint density at radius 1 is 1.17 bits per heavy atom. The lowest BCUT2D eigenvalue weighted by atomic mass is 10.1. The summed E-state index contributed by atoms with van der Waals surface area (Å²) in [5.41, 5.74) is 0.980. The molecule has 0 heterocycles. The molecule has 2 aromatic rings. The molecule has 7 heteroatoms. The standard InChI is InChI=1S/C16H16Cl2O4S/c1-22-13-6-2-4-11(8-13)5-3-7-23(20,21)15-10-12(17)9-14(18)16(15)19/h2,4,6,8-10,19H,3,5,7H2,1H3. The topological polar surface area (TPSA) is 63.6 Å². The molecule has 124 valence electrons. The highest BCUT2D eigenvalue weighted by molar-refractivity contribution is 7.91. The van der Waals surface area contributed by atoms with Crippen LogP contribution < -0.4 is 4.74 Å². The predicted molar refractivity (Wildman–Crippen MR) is 91.5 cm³/mol. The Hall–Kier alpha value is -1.43. The number of hydrogen-bond acceptors (Lipinski definition) is 4. The quantitative estimate of drug-likeness (QED) is 0.825. The SMILES string of the molecule is COc1cccc(CCCS(=O)(=O)c2cc(Cl)cc(Cl)c2O)c1. The maximum atomic E-state index is 12.4. The van der Waals surface area contributed by atoms with Gasteiger partial charge in [-0.25, -0.2) is 8.42 Å². The molecule has 0 unspecified atom stereocenters. The summed E-state index contributed by atoms with van der Waals surface area (Å²) < 4.78 is 29.9. The fourth-order valence-corrected chi connectivity index (χ4v) is 4.25. The number of phenols is 1. The van der Waals surface area contributed by atoms with Crippen molar-refractivity contribution in [3.05, 3.63) is 52.0 Å². The van der Waals surface area contributed by atoms with Crippen LogP contribution >= 0.6 is 23.2 Å². The number of aryl methyl sites for hydroxylation is 1. The van der Waals surface area contributed by atoms with Gasteiger partial charge in [-0.1, -0.05) is 35.3 Å². The van der Waals surface area contributed by atoms with Crippen LogP contribution in [-0.4, -0.2) is 26.4 Å². The second-order valence-electron chi connectivity index (χ2n) is 5.01. The van der Waals surface area contributed by atoms with Crippen molar-refractivity contribution < 1.29 is 18.3 Å². The summed E-state index contributed by atoms with van der Waals surface area (Å²) in [6, 6.07) is 9.96. The van der Waals surface area contributed by atoms with E-state index in [1.54, 1.807) is 7.11 Å². The monoisotopic (exact) mass is 374 g/mol. The van der Waals surface area contributed by atoms with Crippen molar-refractivity contribution in [2.45, 2.75) is 17.7 Å². The van der Waals surface area contributed by atoms with E-state index in [1.165, 1.54) is 12.1 Å². The number of benzene rings is 2. The molecule has 0 radical (unpaired) electrons. The number of hydrogen-bond donors (Lipinski definition) is 1. The van der Waals surface area contributed by atoms with Crippen LogP contribution in [-0.2, 0) is 16.3 Å². The van der Waals surface area contributed by atoms with E-state index in [2.05, 4.69) is 0 Å². The summed E-state index contributed by atoms with van der Waals surface area (Å²) in [7, 11) is -2.09. The normalized spacial score (nSPS) is 11.4. The first-order chi connectivity index (χ1) is 10.8. The van der Waals surface area contributed by atoms with Crippen LogP contribution in [0.15, 0.2) is 41.3 Å². The molecule has 0 aliphatic rings. The summed E-state index contributed by atoms with van der Waals surface area (Å²) in [6.07, 6.45) is 0.977. The Kier molecular flexibility index (Phi) is 5.79. The minimum absolute atomic E-state index is 0.0797. The average Bonchev–Trinajstić information content (AvgIpc) is 2.50. The molecule has 0 fully saturated rings. The molecule has 0 aliphatic carbocycles. The molecule has 0 aromatic heterocycles. The van der Waals surface area contributed by atoms with Gasteiger partial charge in [-0.05, 0) is 42.7 Å². The van der Waals surface area contributed by atoms with Crippen molar-refractivity contribution in [3.63, 3.8) is 0 Å². The molecule has 0 bridgehead atoms. The van der Waals surface area contributed by atoms with Gasteiger partial charge in [0.05, 0.1) is 17.9 Å². The molecule has 4 nitrogen and oxygen atoms in total. The van der Waals surface area contributed by atoms with Crippen molar-refractivity contribution in [2.75, 3.05) is 12.9 Å². The fraction of sp³-hybridized carbons (Fsp3) is 0.250. The van der Waals surface area contributed by atoms with E-state index in [0.717, 1.165) is 11.3 Å². The number of halogens is 2. The van der Waals surface area contributed by atoms with Crippen molar-refractivity contribution in [2.24, 2.45) is 0 Å². The van der Waals surface area contributed by atoms with E-state index in [-0.39, 0.29) is 20.7 Å². The first-order valence-corrected chi connectivity index (χ1v) is 9.28. The molecule has 0 atom stereocenters. The minimum Gasteiger partial charge on any atom is -0.505 e. The van der Waals surface area contributed by atoms with E-state index in [1.807, 2.05) is 24.3 Å². The summed E-state index contributed by atoms with van der Waals surface area (Å²) in [5.74, 6) is 0.149. The molecule has 0 saturated carbocycles. The third-order valence-corrected chi connectivity index (χ3v) is 5.65. The van der Waals surface area contributed by atoms with Gasteiger partial charge in [-0.2, -0.15) is 0 Å². The van der Waals surface area contributed by atoms with E-state index < -0.39 is 15.6 Å². The van der Waals surface area contributed by atoms with Crippen LogP contribution in [0, 0.1) is 0 Å². The van der Waals surface area contributed by atoms with Crippen molar-refractivity contribution in [1.29, 1.82) is 0 Å². The molecule has 0 saturated heterocycles. The van der Waals surface area contributed by atoms with Crippen LogP contribution in [0.4, 0.5) is 0 Å². The third kappa shape index (κ3) is 4.53. The Morgan fingerprint density at radius 3 is 2.61 bits per heavy atom. The fourth-order valence-electron chi connectivity index (χ4n) is 2.18. The molecule has 0 amide bonds. The predicted octanol–water partition coefficient (Wildman–Crippen LogP) is 4.11. The molecule has 1 N–H and O–H groups in total. The van der Waals surface area contributed by atoms with Gasteiger partial charge in [0.2, 0.25) is 0 Å². The van der Waals surface area contributed by atoms with Crippen LogP contribution in [0.3, 0.4) is 0 Å². The molecule has 2 rings (SSSR count). The van der Waals surface area contributed by atoms with E-state index in [9.17, 15) is 13.5 Å². The highest BCUT2D eigenvalue weighted by Gasteiger charge is 2.21. The molecule has 0 aliphatic heterocycles. The molecule has 0 spiro atoms. The number of methoxy groups -OCH3 is 1. The third-order valence-electron chi connectivity index (χ3n) is 3.34. The zero-order chi connectivity index (χ0) is 17.0. The van der Waals surface area contributed by atoms with Gasteiger partial charge in [0.1, 0.15) is 10.6 Å². The van der Waals surface area contributed by atoms with E-state index >= 15 is 0 Å². The summed E-state index contributed by atoms with van der Waals surface area (Å²) in [6.45, 7) is 0. The smallest absolute Gasteiger partial charge is 0.182 e. The van der Waals surface area contributed by atoms with Gasteiger partial charge in [-0.3, -0.25) is 0 Å². The van der Waals surface area contributed by atoms with E-state index in [0.29, 0.717) is 12.8 Å². The second-order valence-corrected chi connectivity index (χ2v) is 7.93. The van der Waals surface area contributed by atoms with Crippen LogP contribution in [0.1, 0.15) is 12.0 Å². The van der Waals surface area contributed by atoms with Crippen molar-refractivity contribution in [1.82, 2.24) is 0 Å². The first kappa shape index (κ1) is 17.9. The molecular weight excluding hydrogens is 359 g/mol. The van der Waals surface area contributed by atoms with Crippen LogP contribution in [0.2, 0.25) is 10.0 Å². The Balaban J connectivity index is 2.10. The van der Waals surface area contributed by atoms with Gasteiger partial charge in [0.15, 0.2) is 15.6 Å². The van der Waals surface area contributed by atoms with Gasteiger partial charge in [0.25, 0.3) is 0 Å². The van der Waals surface area contributed by atoms with Crippen molar-refractivity contribution >= 4 is 33.0 Å². The van der Waals surface area contributed by atoms with Crippen LogP contribution in [0.5, 0.6) is 11.5 Å². The molecular formula is C16H16Cl2O4S. The first-order valence-electron chi connectivity index (χ1n) is 6.87. The lowest BCUT2D eigenvalue weighted by molar-refractivity contribution is 0.414. The highest BCUT2D eigenvalue weighted by Crippen LogP contribution is 2.35. The maximum Gasteiger partial charge on any atom is 0.182 e. The Morgan fingerprint density at radius 2 is 1.91 bits per heavy atom. The maximum absolute atomic E-state index is 12.4.